The molecule has 0 saturated carbocycles. The van der Waals surface area contributed by atoms with E-state index in [2.05, 4.69) is 0 Å². The molecule has 6 heteroatoms. The molecule has 0 aliphatic rings. The van der Waals surface area contributed by atoms with Crippen molar-refractivity contribution in [3.63, 3.8) is 0 Å². The molecular formula is C12H20N2O3S. The lowest BCUT2D eigenvalue weighted by Crippen LogP contribution is -1.99. The van der Waals surface area contributed by atoms with Gasteiger partial charge in [0, 0.05) is 6.92 Å². The summed E-state index contributed by atoms with van der Waals surface area (Å²) in [5.74, 6) is 0. The van der Waals surface area contributed by atoms with Crippen molar-refractivity contribution in [3.8, 4) is 6.07 Å². The van der Waals surface area contributed by atoms with E-state index in [1.54, 1.807) is 31.2 Å². The van der Waals surface area contributed by atoms with Crippen LogP contribution in [0, 0.1) is 18.3 Å². The van der Waals surface area contributed by atoms with Gasteiger partial charge in [0.1, 0.15) is 0 Å². The van der Waals surface area contributed by atoms with Gasteiger partial charge in [0.05, 0.1) is 11.0 Å². The van der Waals surface area contributed by atoms with Crippen LogP contribution in [0.15, 0.2) is 29.2 Å². The third-order valence-corrected chi connectivity index (χ3v) is 2.39. The average Bonchev–Trinajstić information content (AvgIpc) is 2.16. The number of nitrogens with zero attached hydrogens (tertiary/aromatic N) is 2. The second-order valence-corrected chi connectivity index (χ2v) is 5.20. The van der Waals surface area contributed by atoms with E-state index in [9.17, 15) is 8.42 Å². The molecule has 1 N–H and O–H groups in total. The van der Waals surface area contributed by atoms with Gasteiger partial charge in [-0.1, -0.05) is 18.2 Å². The minimum atomic E-state index is -4.03. The summed E-state index contributed by atoms with van der Waals surface area (Å²) in [7, 11) is 1.97. The number of rotatable bonds is 1. The highest BCUT2D eigenvalue weighted by molar-refractivity contribution is 7.85. The Balaban J connectivity index is 0. The number of benzene rings is 1. The molecule has 102 valence electrons. The molecule has 1 aromatic rings. The molecule has 1 aromatic carbocycles. The summed E-state index contributed by atoms with van der Waals surface area (Å²) in [6.45, 7) is 3.06. The first-order valence-electron chi connectivity index (χ1n) is 5.11. The van der Waals surface area contributed by atoms with Crippen molar-refractivity contribution in [2.45, 2.75) is 18.7 Å². The summed E-state index contributed by atoms with van der Waals surface area (Å²) in [5.41, 5.74) is 0.551. The van der Waals surface area contributed by atoms with Crippen molar-refractivity contribution in [1.82, 2.24) is 4.90 Å². The minimum absolute atomic E-state index is 0.0278. The van der Waals surface area contributed by atoms with E-state index in [-0.39, 0.29) is 4.90 Å². The highest BCUT2D eigenvalue weighted by Crippen LogP contribution is 2.12. The predicted molar refractivity (Wildman–Crippen MR) is 71.9 cm³/mol. The largest absolute Gasteiger partial charge is 0.312 e. The average molecular weight is 272 g/mol. The Morgan fingerprint density at radius 1 is 1.22 bits per heavy atom. The lowest BCUT2D eigenvalue weighted by molar-refractivity contribution is 0.482. The first-order valence-corrected chi connectivity index (χ1v) is 6.55. The molecule has 0 atom stereocenters. The summed E-state index contributed by atoms with van der Waals surface area (Å²) >= 11 is 0. The molecule has 0 aromatic heterocycles. The maximum atomic E-state index is 10.6. The van der Waals surface area contributed by atoms with Crippen LogP contribution >= 0.6 is 0 Å². The summed E-state index contributed by atoms with van der Waals surface area (Å²) in [5, 5.41) is 7.32. The molecular weight excluding hydrogens is 252 g/mol. The van der Waals surface area contributed by atoms with Crippen LogP contribution < -0.4 is 0 Å². The summed E-state index contributed by atoms with van der Waals surface area (Å²) in [6, 6.07) is 8.02. The van der Waals surface area contributed by atoms with Crippen LogP contribution in [0.25, 0.3) is 0 Å². The van der Waals surface area contributed by atoms with E-state index >= 15 is 0 Å². The van der Waals surface area contributed by atoms with Gasteiger partial charge >= 0.3 is 0 Å². The zero-order valence-corrected chi connectivity index (χ0v) is 12.2. The Morgan fingerprint density at radius 3 is 1.78 bits per heavy atom. The highest BCUT2D eigenvalue weighted by atomic mass is 32.2. The number of hydrogen-bond donors (Lipinski definition) is 1. The first kappa shape index (κ1) is 18.9. The molecule has 0 radical (unpaired) electrons. The summed E-state index contributed by atoms with van der Waals surface area (Å²) in [6.07, 6.45) is 0. The fourth-order valence-electron chi connectivity index (χ4n) is 0.846. The van der Waals surface area contributed by atoms with Crippen molar-refractivity contribution < 1.29 is 13.0 Å². The standard InChI is InChI=1S/C7H8O3S.C3H9N.C2H3N/c1-6-4-2-3-5-7(6)11(8,9)10;1-4(2)3;1-2-3/h2-5H,1H3,(H,8,9,10);1-3H3;1H3. The zero-order chi connectivity index (χ0) is 14.8. The summed E-state index contributed by atoms with van der Waals surface area (Å²) < 4.78 is 29.9. The molecule has 0 saturated heterocycles. The number of aryl methyl sites for hydroxylation is 1. The molecule has 0 fully saturated rings. The fourth-order valence-corrected chi connectivity index (χ4v) is 1.57. The van der Waals surface area contributed by atoms with Crippen LogP contribution in [-0.4, -0.2) is 39.0 Å². The Morgan fingerprint density at radius 2 is 1.56 bits per heavy atom. The fraction of sp³-hybridized carbons (Fsp3) is 0.417. The van der Waals surface area contributed by atoms with Crippen molar-refractivity contribution in [1.29, 1.82) is 5.26 Å². The molecule has 0 unspecified atom stereocenters. The van der Waals surface area contributed by atoms with Crippen LogP contribution in [0.1, 0.15) is 12.5 Å². The van der Waals surface area contributed by atoms with E-state index in [1.807, 2.05) is 26.0 Å². The maximum Gasteiger partial charge on any atom is 0.294 e. The molecule has 0 spiro atoms. The molecule has 5 nitrogen and oxygen atoms in total. The molecule has 18 heavy (non-hydrogen) atoms. The number of nitriles is 1. The first-order chi connectivity index (χ1) is 8.16. The van der Waals surface area contributed by atoms with Crippen molar-refractivity contribution in [2.75, 3.05) is 21.1 Å². The van der Waals surface area contributed by atoms with Crippen molar-refractivity contribution >= 4 is 10.1 Å². The van der Waals surface area contributed by atoms with Gasteiger partial charge in [0.2, 0.25) is 0 Å². The van der Waals surface area contributed by atoms with Gasteiger partial charge < -0.3 is 4.90 Å². The Labute approximate surface area is 109 Å². The van der Waals surface area contributed by atoms with Gasteiger partial charge in [-0.15, -0.1) is 0 Å². The second kappa shape index (κ2) is 9.59. The third kappa shape index (κ3) is 11.1. The van der Waals surface area contributed by atoms with E-state index in [0.29, 0.717) is 5.56 Å². The second-order valence-electron chi connectivity index (χ2n) is 3.81. The van der Waals surface area contributed by atoms with Crippen molar-refractivity contribution in [3.05, 3.63) is 29.8 Å². The van der Waals surface area contributed by atoms with Gasteiger partial charge in [-0.25, -0.2) is 0 Å². The van der Waals surface area contributed by atoms with Crippen LogP contribution in [-0.2, 0) is 10.1 Å². The molecule has 1 rings (SSSR count). The maximum absolute atomic E-state index is 10.6. The normalized spacial score (nSPS) is 9.44. The Hall–Kier alpha value is -1.42. The topological polar surface area (TPSA) is 81.4 Å². The predicted octanol–water partition coefficient (Wildman–Crippen LogP) is 1.95. The van der Waals surface area contributed by atoms with Crippen LogP contribution in [0.3, 0.4) is 0 Å². The summed E-state index contributed by atoms with van der Waals surface area (Å²) in [4.78, 5) is 1.97. The van der Waals surface area contributed by atoms with E-state index < -0.39 is 10.1 Å². The molecule has 0 amide bonds. The Kier molecular flexibility index (Phi) is 10.1. The van der Waals surface area contributed by atoms with Gasteiger partial charge in [-0.3, -0.25) is 4.55 Å². The highest BCUT2D eigenvalue weighted by Gasteiger charge is 2.10. The molecule has 0 heterocycles. The zero-order valence-electron chi connectivity index (χ0n) is 11.4. The minimum Gasteiger partial charge on any atom is -0.312 e. The molecule has 0 bridgehead atoms. The third-order valence-electron chi connectivity index (χ3n) is 1.37. The van der Waals surface area contributed by atoms with Crippen LogP contribution in [0.2, 0.25) is 0 Å². The lowest BCUT2D eigenvalue weighted by atomic mass is 10.2. The van der Waals surface area contributed by atoms with Crippen LogP contribution in [0.5, 0.6) is 0 Å². The van der Waals surface area contributed by atoms with Gasteiger partial charge in [0.25, 0.3) is 10.1 Å². The van der Waals surface area contributed by atoms with E-state index in [1.165, 1.54) is 13.0 Å². The van der Waals surface area contributed by atoms with Gasteiger partial charge in [-0.05, 0) is 39.7 Å². The number of hydrogen-bond acceptors (Lipinski definition) is 4. The Bertz CT molecular complexity index is 474. The lowest BCUT2D eigenvalue weighted by Gasteiger charge is -1.99. The quantitative estimate of drug-likeness (QED) is 0.790. The van der Waals surface area contributed by atoms with Gasteiger partial charge in [-0.2, -0.15) is 13.7 Å². The molecule has 0 aliphatic carbocycles. The SMILES string of the molecule is CC#N.CN(C)C.Cc1ccccc1S(=O)(=O)O. The monoisotopic (exact) mass is 272 g/mol. The van der Waals surface area contributed by atoms with E-state index in [0.717, 1.165) is 0 Å². The van der Waals surface area contributed by atoms with Crippen molar-refractivity contribution in [2.24, 2.45) is 0 Å². The van der Waals surface area contributed by atoms with E-state index in [4.69, 9.17) is 9.81 Å². The van der Waals surface area contributed by atoms with Gasteiger partial charge in [0.15, 0.2) is 0 Å². The molecule has 0 aliphatic heterocycles. The van der Waals surface area contributed by atoms with Crippen LogP contribution in [0.4, 0.5) is 0 Å². The smallest absolute Gasteiger partial charge is 0.294 e.